The summed E-state index contributed by atoms with van der Waals surface area (Å²) in [5, 5.41) is 10.7. The number of carbonyl (C=O) groups is 1. The van der Waals surface area contributed by atoms with Crippen LogP contribution in [0.3, 0.4) is 0 Å². The number of hydrogen-bond acceptors (Lipinski definition) is 8. The average molecular weight is 354 g/mol. The predicted octanol–water partition coefficient (Wildman–Crippen LogP) is 1.37. The lowest BCUT2D eigenvalue weighted by Crippen LogP contribution is -2.63. The largest absolute Gasteiger partial charge is 0.508 e. The topological polar surface area (TPSA) is 92.7 Å². The minimum atomic E-state index is -1.15. The van der Waals surface area contributed by atoms with Gasteiger partial charge >= 0.3 is 6.16 Å². The van der Waals surface area contributed by atoms with E-state index in [4.69, 9.17) is 28.4 Å². The maximum atomic E-state index is 11.6. The van der Waals surface area contributed by atoms with E-state index in [9.17, 15) is 9.90 Å². The Morgan fingerprint density at radius 2 is 2.04 bits per heavy atom. The molecule has 3 rings (SSSR count). The molecule has 0 aromatic heterocycles. The van der Waals surface area contributed by atoms with Crippen LogP contribution in [0.15, 0.2) is 30.3 Å². The van der Waals surface area contributed by atoms with Crippen molar-refractivity contribution in [1.82, 2.24) is 0 Å². The van der Waals surface area contributed by atoms with Crippen molar-refractivity contribution in [2.75, 3.05) is 20.3 Å². The normalized spacial score (nSPS) is 34.8. The van der Waals surface area contributed by atoms with Crippen LogP contribution in [0.4, 0.5) is 4.79 Å². The molecule has 1 aromatic rings. The fraction of sp³-hybridized carbons (Fsp3) is 0.588. The summed E-state index contributed by atoms with van der Waals surface area (Å²) in [6, 6.07) is 9.36. The van der Waals surface area contributed by atoms with Crippen molar-refractivity contribution in [3.8, 4) is 0 Å². The lowest BCUT2D eigenvalue weighted by atomic mass is 9.97. The fourth-order valence-corrected chi connectivity index (χ4v) is 2.92. The van der Waals surface area contributed by atoms with Gasteiger partial charge in [0.15, 0.2) is 18.7 Å². The molecule has 1 N–H and O–H groups in total. The highest BCUT2D eigenvalue weighted by Crippen LogP contribution is 2.35. The van der Waals surface area contributed by atoms with Crippen LogP contribution in [0.2, 0.25) is 0 Å². The van der Waals surface area contributed by atoms with Gasteiger partial charge in [0.1, 0.15) is 18.3 Å². The van der Waals surface area contributed by atoms with E-state index < -0.39 is 43.2 Å². The number of rotatable bonds is 4. The highest BCUT2D eigenvalue weighted by Gasteiger charge is 2.51. The summed E-state index contributed by atoms with van der Waals surface area (Å²) in [5.41, 5.74) is 0.824. The van der Waals surface area contributed by atoms with Crippen LogP contribution in [-0.4, -0.2) is 62.3 Å². The van der Waals surface area contributed by atoms with Gasteiger partial charge in [0.25, 0.3) is 0 Å². The van der Waals surface area contributed by atoms with Gasteiger partial charge in [0.05, 0.1) is 13.2 Å². The van der Waals surface area contributed by atoms with Crippen molar-refractivity contribution in [1.29, 1.82) is 0 Å². The molecule has 2 saturated heterocycles. The number of methoxy groups -OCH3 is 1. The highest BCUT2D eigenvalue weighted by molar-refractivity contribution is 5.60. The van der Waals surface area contributed by atoms with Crippen molar-refractivity contribution in [2.24, 2.45) is 0 Å². The van der Waals surface area contributed by atoms with Crippen LogP contribution in [0.25, 0.3) is 0 Å². The Morgan fingerprint density at radius 1 is 1.28 bits per heavy atom. The predicted molar refractivity (Wildman–Crippen MR) is 83.6 cm³/mol. The first-order chi connectivity index (χ1) is 12.1. The van der Waals surface area contributed by atoms with Crippen LogP contribution in [0.1, 0.15) is 18.8 Å². The first-order valence-electron chi connectivity index (χ1n) is 8.15. The van der Waals surface area contributed by atoms with Gasteiger partial charge in [-0.1, -0.05) is 30.3 Å². The van der Waals surface area contributed by atoms with E-state index in [-0.39, 0.29) is 13.2 Å². The number of fused-ring (bicyclic) bond motifs is 1. The molecule has 2 aliphatic rings. The van der Waals surface area contributed by atoms with Crippen molar-refractivity contribution < 1.29 is 38.3 Å². The summed E-state index contributed by atoms with van der Waals surface area (Å²) in [6.45, 7) is 2.03. The minimum Gasteiger partial charge on any atom is -0.435 e. The third kappa shape index (κ3) is 3.94. The summed E-state index contributed by atoms with van der Waals surface area (Å²) in [4.78, 5) is 11.6. The van der Waals surface area contributed by atoms with Gasteiger partial charge < -0.3 is 33.5 Å². The number of aliphatic hydroxyl groups excluding tert-OH is 1. The van der Waals surface area contributed by atoms with E-state index in [0.29, 0.717) is 0 Å². The molecule has 0 aliphatic carbocycles. The summed E-state index contributed by atoms with van der Waals surface area (Å²) in [5.74, 6) is 0. The summed E-state index contributed by atoms with van der Waals surface area (Å²) >= 11 is 0. The zero-order valence-electron chi connectivity index (χ0n) is 14.1. The van der Waals surface area contributed by atoms with Gasteiger partial charge in [0, 0.05) is 12.7 Å². The molecular weight excluding hydrogens is 332 g/mol. The van der Waals surface area contributed by atoms with Gasteiger partial charge in [-0.2, -0.15) is 0 Å². The zero-order valence-corrected chi connectivity index (χ0v) is 14.1. The molecule has 0 radical (unpaired) electrons. The fourth-order valence-electron chi connectivity index (χ4n) is 2.92. The van der Waals surface area contributed by atoms with Crippen LogP contribution < -0.4 is 0 Å². The molecule has 138 valence electrons. The number of ether oxygens (including phenoxy) is 6. The van der Waals surface area contributed by atoms with Crippen LogP contribution in [0, 0.1) is 0 Å². The molecule has 2 heterocycles. The Morgan fingerprint density at radius 3 is 2.72 bits per heavy atom. The molecule has 25 heavy (non-hydrogen) atoms. The Kier molecular flexibility index (Phi) is 5.87. The van der Waals surface area contributed by atoms with Crippen molar-refractivity contribution in [3.05, 3.63) is 35.9 Å². The van der Waals surface area contributed by atoms with E-state index in [1.165, 1.54) is 7.11 Å². The monoisotopic (exact) mass is 354 g/mol. The van der Waals surface area contributed by atoms with E-state index in [1.54, 1.807) is 6.92 Å². The van der Waals surface area contributed by atoms with Gasteiger partial charge in [-0.05, 0) is 6.92 Å². The molecule has 0 bridgehead atoms. The standard InChI is InChI=1S/C17H22O8/c1-3-21-17(19)25-14-12(18)13-11(23-16(14)20-2)9-22-15(24-13)10-7-5-4-6-8-10/h4-8,11-16,18H,3,9H2,1-2H3. The van der Waals surface area contributed by atoms with E-state index >= 15 is 0 Å². The Hall–Kier alpha value is -1.71. The number of hydrogen-bond donors (Lipinski definition) is 1. The molecule has 6 atom stereocenters. The molecule has 8 nitrogen and oxygen atoms in total. The SMILES string of the molecule is CCOC(=O)OC1C(OC)OC2COC(c3ccccc3)OC2C1O. The zero-order chi connectivity index (χ0) is 17.8. The third-order valence-electron chi connectivity index (χ3n) is 4.11. The second-order valence-electron chi connectivity index (χ2n) is 5.71. The molecule has 0 amide bonds. The van der Waals surface area contributed by atoms with E-state index in [0.717, 1.165) is 5.56 Å². The number of aliphatic hydroxyl groups is 1. The number of benzene rings is 1. The maximum absolute atomic E-state index is 11.6. The molecule has 2 fully saturated rings. The van der Waals surface area contributed by atoms with Gasteiger partial charge in [-0.25, -0.2) is 4.79 Å². The second kappa shape index (κ2) is 8.11. The molecule has 1 aromatic carbocycles. The Bertz CT molecular complexity index is 565. The van der Waals surface area contributed by atoms with Crippen molar-refractivity contribution in [3.63, 3.8) is 0 Å². The highest BCUT2D eigenvalue weighted by atomic mass is 16.8. The van der Waals surface area contributed by atoms with Gasteiger partial charge in [-0.15, -0.1) is 0 Å². The van der Waals surface area contributed by atoms with Crippen LogP contribution >= 0.6 is 0 Å². The summed E-state index contributed by atoms with van der Waals surface area (Å²) in [7, 11) is 1.40. The molecule has 2 aliphatic heterocycles. The van der Waals surface area contributed by atoms with Crippen LogP contribution in [-0.2, 0) is 28.4 Å². The second-order valence-corrected chi connectivity index (χ2v) is 5.71. The maximum Gasteiger partial charge on any atom is 0.508 e. The lowest BCUT2D eigenvalue weighted by molar-refractivity contribution is -0.358. The smallest absolute Gasteiger partial charge is 0.435 e. The average Bonchev–Trinajstić information content (AvgIpc) is 2.64. The molecule has 6 unspecified atom stereocenters. The minimum absolute atomic E-state index is 0.159. The Balaban J connectivity index is 1.72. The van der Waals surface area contributed by atoms with Gasteiger partial charge in [0.2, 0.25) is 0 Å². The Labute approximate surface area is 145 Å². The summed E-state index contributed by atoms with van der Waals surface area (Å²) < 4.78 is 32.4. The van der Waals surface area contributed by atoms with E-state index in [2.05, 4.69) is 0 Å². The molecule has 8 heteroatoms. The third-order valence-corrected chi connectivity index (χ3v) is 4.11. The lowest BCUT2D eigenvalue weighted by Gasteiger charge is -2.46. The van der Waals surface area contributed by atoms with Crippen molar-refractivity contribution >= 4 is 6.16 Å². The molecular formula is C17H22O8. The van der Waals surface area contributed by atoms with Gasteiger partial charge in [-0.3, -0.25) is 0 Å². The molecule has 0 saturated carbocycles. The summed E-state index contributed by atoms with van der Waals surface area (Å²) in [6.07, 6.45) is -5.97. The quantitative estimate of drug-likeness (QED) is 0.811. The first kappa shape index (κ1) is 18.1. The van der Waals surface area contributed by atoms with Crippen LogP contribution in [0.5, 0.6) is 0 Å². The first-order valence-corrected chi connectivity index (χ1v) is 8.15. The number of carbonyl (C=O) groups excluding carboxylic acids is 1. The van der Waals surface area contributed by atoms with Crippen molar-refractivity contribution in [2.45, 2.75) is 43.9 Å². The van der Waals surface area contributed by atoms with E-state index in [1.807, 2.05) is 30.3 Å². The molecule has 0 spiro atoms.